The minimum atomic E-state index is -1.08. The maximum atomic E-state index is 8.89. The number of benzene rings is 1. The molecule has 0 spiro atoms. The number of fused-ring (bicyclic) bond motifs is 1. The summed E-state index contributed by atoms with van der Waals surface area (Å²) in [5.74, 6) is -1.08. The van der Waals surface area contributed by atoms with E-state index in [9.17, 15) is 0 Å². The van der Waals surface area contributed by atoms with Crippen LogP contribution in [0.3, 0.4) is 0 Å². The van der Waals surface area contributed by atoms with E-state index in [1.54, 1.807) is 0 Å². The average Bonchev–Trinajstić information content (AvgIpc) is 2.37. The van der Waals surface area contributed by atoms with Crippen LogP contribution in [0.25, 0.3) is 16.6 Å². The number of aromatic nitrogens is 1. The standard InChI is InChI=1S/C11H8N4Se.C2H4O2.Cd/c12-11(16)15-13-7-9-6-5-8-3-1-2-4-10(8)14-9;1-2(3)4;/h1-7H,(H-,12,15);1H3,(H,3,4);/q-1;;+2/p-1/b13-7+;;. The predicted octanol–water partition coefficient (Wildman–Crippen LogP) is 0.899. The van der Waals surface area contributed by atoms with Crippen molar-refractivity contribution in [3.05, 3.63) is 47.8 Å². The molecule has 1 aromatic heterocycles. The molecule has 0 saturated heterocycles. The molecule has 21 heavy (non-hydrogen) atoms. The van der Waals surface area contributed by atoms with Crippen molar-refractivity contribution in [1.29, 1.82) is 0 Å². The van der Waals surface area contributed by atoms with Crippen LogP contribution in [0.2, 0.25) is 0 Å². The monoisotopic (exact) mass is 449 g/mol. The first-order valence-corrected chi connectivity index (χ1v) is 6.37. The number of nitrogens with zero attached hydrogens (tertiary/aromatic N) is 3. The van der Waals surface area contributed by atoms with E-state index in [2.05, 4.69) is 31.2 Å². The molecule has 1 N–H and O–H groups in total. The van der Waals surface area contributed by atoms with Crippen molar-refractivity contribution in [2.24, 2.45) is 10.2 Å². The molecule has 0 bridgehead atoms. The van der Waals surface area contributed by atoms with Crippen molar-refractivity contribution < 1.29 is 37.2 Å². The molecule has 1 radical (unpaired) electrons. The van der Waals surface area contributed by atoms with Crippen LogP contribution in [0, 0.1) is 0 Å². The molecular weight excluding hydrogens is 436 g/mol. The van der Waals surface area contributed by atoms with Crippen LogP contribution in [0.1, 0.15) is 12.6 Å². The van der Waals surface area contributed by atoms with E-state index in [1.807, 2.05) is 36.4 Å². The summed E-state index contributed by atoms with van der Waals surface area (Å²) in [5, 5.41) is 17.3. The first kappa shape index (κ1) is 19.7. The van der Waals surface area contributed by atoms with Crippen molar-refractivity contribution in [3.8, 4) is 0 Å². The Morgan fingerprint density at radius 1 is 1.33 bits per heavy atom. The van der Waals surface area contributed by atoms with Gasteiger partial charge in [-0.15, -0.1) is 0 Å². The number of carboxylic acid groups (broad SMARTS) is 1. The molecule has 0 unspecified atom stereocenters. The van der Waals surface area contributed by atoms with Crippen LogP contribution < -0.4 is 5.11 Å². The van der Waals surface area contributed by atoms with Gasteiger partial charge in [-0.3, -0.25) is 0 Å². The van der Waals surface area contributed by atoms with Gasteiger partial charge in [-0.25, -0.2) is 0 Å². The SMILES string of the molecule is CC(=O)[O-].[Cd+2].[NH-]/C([Se])=N/N=C/c1ccc2ccccc2n1. The quantitative estimate of drug-likeness (QED) is 0.296. The first-order chi connectivity index (χ1) is 9.49. The van der Waals surface area contributed by atoms with Gasteiger partial charge in [0.15, 0.2) is 0 Å². The van der Waals surface area contributed by atoms with E-state index in [1.165, 1.54) is 6.21 Å². The van der Waals surface area contributed by atoms with Gasteiger partial charge in [-0.1, -0.05) is 0 Å². The maximum absolute atomic E-state index is 8.89. The van der Waals surface area contributed by atoms with Gasteiger partial charge in [0.2, 0.25) is 0 Å². The third kappa shape index (κ3) is 8.53. The van der Waals surface area contributed by atoms with E-state index in [0.717, 1.165) is 23.5 Å². The number of carbonyl (C=O) groups excluding carboxylic acids is 1. The molecule has 0 aliphatic heterocycles. The zero-order chi connectivity index (χ0) is 15.0. The number of para-hydroxylation sites is 1. The summed E-state index contributed by atoms with van der Waals surface area (Å²) in [5.41, 5.74) is 8.68. The second-order valence-corrected chi connectivity index (χ2v) is 4.38. The van der Waals surface area contributed by atoms with Gasteiger partial charge in [-0.05, 0) is 6.92 Å². The number of carboxylic acids is 1. The summed E-state index contributed by atoms with van der Waals surface area (Å²) >= 11 is 2.44. The van der Waals surface area contributed by atoms with E-state index in [4.69, 9.17) is 15.6 Å². The van der Waals surface area contributed by atoms with Crippen molar-refractivity contribution in [2.75, 3.05) is 0 Å². The number of rotatable bonds is 2. The molecular formula is C13H11CdN4O2Se. The van der Waals surface area contributed by atoms with E-state index in [-0.39, 0.29) is 32.0 Å². The Labute approximate surface area is 150 Å². The Bertz CT molecular complexity index is 653. The summed E-state index contributed by atoms with van der Waals surface area (Å²) < 4.78 is 0.0528. The van der Waals surface area contributed by atoms with Gasteiger partial charge in [0.05, 0.1) is 0 Å². The normalized spacial score (nSPS) is 10.6. The van der Waals surface area contributed by atoms with Gasteiger partial charge in [0.1, 0.15) is 0 Å². The van der Waals surface area contributed by atoms with Gasteiger partial charge in [0, 0.05) is 5.97 Å². The van der Waals surface area contributed by atoms with Crippen LogP contribution in [0.5, 0.6) is 0 Å². The molecule has 6 nitrogen and oxygen atoms in total. The third-order valence-corrected chi connectivity index (χ3v) is 2.13. The average molecular weight is 447 g/mol. The fraction of sp³-hybridized carbons (Fsp3) is 0.0769. The summed E-state index contributed by atoms with van der Waals surface area (Å²) in [6.45, 7) is 0.972. The molecule has 0 aliphatic carbocycles. The molecule has 2 aromatic rings. The summed E-state index contributed by atoms with van der Waals surface area (Å²) in [4.78, 5) is 13.3. The molecule has 0 amide bonds. The number of nitrogens with one attached hydrogen (secondary N) is 1. The van der Waals surface area contributed by atoms with Gasteiger partial charge in [-0.2, -0.15) is 0 Å². The second kappa shape index (κ2) is 10.4. The fourth-order valence-electron chi connectivity index (χ4n) is 1.29. The third-order valence-electron chi connectivity index (χ3n) is 1.96. The van der Waals surface area contributed by atoms with Crippen molar-refractivity contribution in [3.63, 3.8) is 0 Å². The molecule has 0 aliphatic rings. The van der Waals surface area contributed by atoms with Crippen molar-refractivity contribution in [2.45, 2.75) is 6.92 Å². The molecule has 0 fully saturated rings. The Hall–Kier alpha value is -1.32. The summed E-state index contributed by atoms with van der Waals surface area (Å²) in [7, 11) is 0. The molecule has 0 saturated carbocycles. The van der Waals surface area contributed by atoms with Crippen LogP contribution in [0.15, 0.2) is 46.6 Å². The number of hydrogen-bond acceptors (Lipinski definition) is 5. The van der Waals surface area contributed by atoms with E-state index >= 15 is 0 Å². The topological polar surface area (TPSA) is 102 Å². The number of pyridine rings is 1. The Kier molecular flexibility index (Phi) is 9.76. The summed E-state index contributed by atoms with van der Waals surface area (Å²) in [6, 6.07) is 11.7. The second-order valence-electron chi connectivity index (χ2n) is 3.57. The van der Waals surface area contributed by atoms with E-state index in [0.29, 0.717) is 0 Å². The molecule has 8 heteroatoms. The molecule has 1 aromatic carbocycles. The number of amidine groups is 1. The van der Waals surface area contributed by atoms with Gasteiger partial charge < -0.3 is 9.90 Å². The predicted molar refractivity (Wildman–Crippen MR) is 77.5 cm³/mol. The minimum absolute atomic E-state index is 0. The zero-order valence-corrected chi connectivity index (χ0v) is 17.1. The van der Waals surface area contributed by atoms with E-state index < -0.39 is 5.97 Å². The number of carbonyl (C=O) groups is 1. The van der Waals surface area contributed by atoms with Crippen molar-refractivity contribution in [1.82, 2.24) is 4.98 Å². The Morgan fingerprint density at radius 2 is 1.95 bits per heavy atom. The number of aliphatic carboxylic acids is 1. The summed E-state index contributed by atoms with van der Waals surface area (Å²) in [6.07, 6.45) is 1.53. The van der Waals surface area contributed by atoms with Gasteiger partial charge >= 0.3 is 128 Å². The van der Waals surface area contributed by atoms with Crippen LogP contribution in [-0.4, -0.2) is 37.9 Å². The van der Waals surface area contributed by atoms with Crippen molar-refractivity contribution >= 4 is 43.8 Å². The first-order valence-electron chi connectivity index (χ1n) is 5.52. The Balaban J connectivity index is 0.000000715. The molecule has 1 heterocycles. The van der Waals surface area contributed by atoms with Crippen LogP contribution in [0.4, 0.5) is 0 Å². The zero-order valence-electron chi connectivity index (χ0n) is 11.3. The molecule has 2 rings (SSSR count). The fourth-order valence-corrected chi connectivity index (χ4v) is 1.39. The van der Waals surface area contributed by atoms with Gasteiger partial charge in [0.25, 0.3) is 0 Å². The number of hydrogen-bond donors (Lipinski definition) is 0. The van der Waals surface area contributed by atoms with Crippen LogP contribution in [-0.2, 0) is 32.1 Å². The Morgan fingerprint density at radius 3 is 2.57 bits per heavy atom. The molecule has 0 atom stereocenters. The van der Waals surface area contributed by atoms with Crippen LogP contribution >= 0.6 is 0 Å². The molecule has 103 valence electrons.